The molecular formula is C18H22Cl2NO2PTi. The first kappa shape index (κ1) is 20.9. The topological polar surface area (TPSA) is 32.7 Å². The average Bonchev–Trinajstić information content (AvgIpc) is 2.65. The number of phenols is 1. The summed E-state index contributed by atoms with van der Waals surface area (Å²) in [7, 11) is 11.8. The van der Waals surface area contributed by atoms with Crippen LogP contribution in [0.5, 0.6) is 11.5 Å². The van der Waals surface area contributed by atoms with Crippen LogP contribution in [0.3, 0.4) is 0 Å². The van der Waals surface area contributed by atoms with Crippen LogP contribution < -0.4 is 20.2 Å². The van der Waals surface area contributed by atoms with E-state index in [1.807, 2.05) is 12.1 Å². The van der Waals surface area contributed by atoms with Crippen LogP contribution in [0.1, 0.15) is 19.3 Å². The second-order valence-electron chi connectivity index (χ2n) is 5.62. The van der Waals surface area contributed by atoms with Crippen molar-refractivity contribution in [2.45, 2.75) is 19.3 Å². The fourth-order valence-corrected chi connectivity index (χ4v) is 4.18. The zero-order chi connectivity index (χ0) is 18.1. The Balaban J connectivity index is 0.000000701. The first-order valence-electron chi connectivity index (χ1n) is 8.14. The van der Waals surface area contributed by atoms with E-state index in [0.717, 1.165) is 18.4 Å². The zero-order valence-electron chi connectivity index (χ0n) is 14.1. The second-order valence-corrected chi connectivity index (χ2v) is 9.52. The number of phenolic OH excluding ortho intramolecular Hbond substituents is 1. The summed E-state index contributed by atoms with van der Waals surface area (Å²) >= 11 is -0.556. The van der Waals surface area contributed by atoms with Gasteiger partial charge in [0.2, 0.25) is 0 Å². The molecule has 1 aliphatic rings. The van der Waals surface area contributed by atoms with Gasteiger partial charge in [-0.15, -0.1) is 0 Å². The predicted molar refractivity (Wildman–Crippen MR) is 106 cm³/mol. The summed E-state index contributed by atoms with van der Waals surface area (Å²) in [4.78, 5) is 2.48. The first-order chi connectivity index (χ1) is 12.2. The number of rotatable bonds is 4. The Labute approximate surface area is 168 Å². The number of nitrogens with zero attached hydrogens (tertiary/aromatic N) is 1. The van der Waals surface area contributed by atoms with Crippen molar-refractivity contribution in [1.82, 2.24) is 0 Å². The molecule has 0 radical (unpaired) electrons. The Bertz CT molecular complexity index is 669. The quantitative estimate of drug-likeness (QED) is 0.573. The molecule has 0 aromatic heterocycles. The number of anilines is 1. The monoisotopic (exact) mass is 433 g/mol. The summed E-state index contributed by atoms with van der Waals surface area (Å²) in [6.45, 7) is 2.26. The number of piperidine rings is 1. The Morgan fingerprint density at radius 2 is 1.64 bits per heavy atom. The van der Waals surface area contributed by atoms with Crippen molar-refractivity contribution in [3.63, 3.8) is 0 Å². The van der Waals surface area contributed by atoms with E-state index in [9.17, 15) is 5.11 Å². The van der Waals surface area contributed by atoms with E-state index in [1.54, 1.807) is 13.2 Å². The van der Waals surface area contributed by atoms with E-state index in [4.69, 9.17) is 23.3 Å². The van der Waals surface area contributed by atoms with E-state index < -0.39 is 17.0 Å². The van der Waals surface area contributed by atoms with Crippen molar-refractivity contribution in [2.24, 2.45) is 0 Å². The maximum absolute atomic E-state index is 10.3. The Morgan fingerprint density at radius 1 is 1.00 bits per heavy atom. The Kier molecular flexibility index (Phi) is 9.45. The Morgan fingerprint density at radius 3 is 2.32 bits per heavy atom. The zero-order valence-corrected chi connectivity index (χ0v) is 18.2. The van der Waals surface area contributed by atoms with Crippen LogP contribution in [0.4, 0.5) is 5.69 Å². The van der Waals surface area contributed by atoms with Gasteiger partial charge in [0.05, 0.1) is 7.11 Å². The molecule has 2 aromatic rings. The van der Waals surface area contributed by atoms with Crippen molar-refractivity contribution in [1.29, 1.82) is 0 Å². The minimum atomic E-state index is -0.556. The van der Waals surface area contributed by atoms with Gasteiger partial charge in [-0.1, -0.05) is 38.9 Å². The SMILES string of the molecule is COc1cccc(Pc2ccccc2N2CCCCC2)c1O.[Cl][Ti][Cl]. The molecule has 25 heavy (non-hydrogen) atoms. The number of methoxy groups -OCH3 is 1. The number of hydrogen-bond acceptors (Lipinski definition) is 3. The van der Waals surface area contributed by atoms with Crippen LogP contribution in [0.15, 0.2) is 42.5 Å². The van der Waals surface area contributed by atoms with Crippen molar-refractivity contribution in [3.05, 3.63) is 42.5 Å². The van der Waals surface area contributed by atoms with Crippen LogP contribution in [0, 0.1) is 0 Å². The van der Waals surface area contributed by atoms with Crippen LogP contribution in [0.25, 0.3) is 0 Å². The summed E-state index contributed by atoms with van der Waals surface area (Å²) in [6.07, 6.45) is 3.86. The molecule has 3 nitrogen and oxygen atoms in total. The molecule has 1 saturated heterocycles. The van der Waals surface area contributed by atoms with Gasteiger partial charge in [-0.2, -0.15) is 0 Å². The number of ether oxygens (including phenoxy) is 1. The molecule has 1 fully saturated rings. The van der Waals surface area contributed by atoms with E-state index in [1.165, 1.54) is 30.3 Å². The van der Waals surface area contributed by atoms with E-state index in [-0.39, 0.29) is 5.75 Å². The molecule has 1 aliphatic heterocycles. The summed E-state index contributed by atoms with van der Waals surface area (Å²) < 4.78 is 5.21. The number of para-hydroxylation sites is 2. The fourth-order valence-electron chi connectivity index (χ4n) is 2.92. The van der Waals surface area contributed by atoms with Crippen molar-refractivity contribution >= 4 is 43.5 Å². The van der Waals surface area contributed by atoms with Crippen molar-refractivity contribution in [2.75, 3.05) is 25.1 Å². The standard InChI is InChI=1S/C18H22NO2P.2ClH.Ti/c1-21-15-9-7-11-17(18(15)20)22-16-10-4-3-8-14(16)19-12-5-2-6-13-19;;;/h3-4,7-11,20,22H,2,5-6,12-13H2,1H3;2*1H;/q;;;+2/p-2. The number of halogens is 2. The average molecular weight is 434 g/mol. The summed E-state index contributed by atoms with van der Waals surface area (Å²) in [5.74, 6) is 0.803. The van der Waals surface area contributed by atoms with Gasteiger partial charge in [0.1, 0.15) is 0 Å². The van der Waals surface area contributed by atoms with Crippen molar-refractivity contribution in [3.8, 4) is 11.5 Å². The van der Waals surface area contributed by atoms with Gasteiger partial charge >= 0.3 is 35.6 Å². The van der Waals surface area contributed by atoms with E-state index in [0.29, 0.717) is 14.3 Å². The normalized spacial score (nSPS) is 14.1. The van der Waals surface area contributed by atoms with Gasteiger partial charge in [-0.25, -0.2) is 0 Å². The minimum absolute atomic E-state index is 0.261. The molecular weight excluding hydrogens is 412 g/mol. The van der Waals surface area contributed by atoms with Gasteiger partial charge in [-0.05, 0) is 31.4 Å². The molecule has 7 heteroatoms. The van der Waals surface area contributed by atoms with Crippen molar-refractivity contribution < 1.29 is 26.9 Å². The maximum atomic E-state index is 10.3. The summed E-state index contributed by atoms with van der Waals surface area (Å²) in [5.41, 5.74) is 1.31. The van der Waals surface area contributed by atoms with Crippen LogP contribution in [-0.4, -0.2) is 25.3 Å². The van der Waals surface area contributed by atoms with Gasteiger partial charge in [0, 0.05) is 29.4 Å². The molecule has 2 aromatic carbocycles. The molecule has 1 unspecified atom stereocenters. The molecule has 1 N–H and O–H groups in total. The first-order valence-corrected chi connectivity index (χ1v) is 13.4. The number of hydrogen-bond donors (Lipinski definition) is 1. The van der Waals surface area contributed by atoms with Crippen LogP contribution in [-0.2, 0) is 17.0 Å². The molecule has 1 heterocycles. The molecule has 0 aliphatic carbocycles. The predicted octanol–water partition coefficient (Wildman–Crippen LogP) is 4.40. The van der Waals surface area contributed by atoms with Gasteiger partial charge < -0.3 is 14.7 Å². The number of benzene rings is 2. The fraction of sp³-hybridized carbons (Fsp3) is 0.333. The van der Waals surface area contributed by atoms with E-state index in [2.05, 4.69) is 29.2 Å². The Hall–Kier alpha value is -0.436. The molecule has 134 valence electrons. The van der Waals surface area contributed by atoms with Gasteiger partial charge in [0.25, 0.3) is 0 Å². The molecule has 0 spiro atoms. The van der Waals surface area contributed by atoms with Crippen LogP contribution >= 0.6 is 27.2 Å². The second kappa shape index (κ2) is 11.3. The summed E-state index contributed by atoms with van der Waals surface area (Å²) in [6, 6.07) is 14.2. The molecule has 0 amide bonds. The molecule has 3 rings (SSSR count). The van der Waals surface area contributed by atoms with Crippen LogP contribution in [0.2, 0.25) is 0 Å². The third-order valence-corrected chi connectivity index (χ3v) is 5.45. The third-order valence-electron chi connectivity index (χ3n) is 4.09. The van der Waals surface area contributed by atoms with Gasteiger partial charge in [0.15, 0.2) is 11.5 Å². The summed E-state index contributed by atoms with van der Waals surface area (Å²) in [5, 5.41) is 12.5. The van der Waals surface area contributed by atoms with E-state index >= 15 is 0 Å². The molecule has 0 saturated carbocycles. The van der Waals surface area contributed by atoms with Gasteiger partial charge in [-0.3, -0.25) is 0 Å². The number of aromatic hydroxyl groups is 1. The molecule has 0 bridgehead atoms. The third kappa shape index (κ3) is 6.05. The molecule has 1 atom stereocenters.